The molecule has 0 saturated carbocycles. The largest absolute Gasteiger partial charge is 0.379 e. The van der Waals surface area contributed by atoms with Crippen molar-refractivity contribution in [3.8, 4) is 0 Å². The zero-order valence-corrected chi connectivity index (χ0v) is 15.1. The van der Waals surface area contributed by atoms with Gasteiger partial charge in [0.25, 0.3) is 5.91 Å². The van der Waals surface area contributed by atoms with Crippen molar-refractivity contribution < 1.29 is 14.3 Å². The van der Waals surface area contributed by atoms with Gasteiger partial charge in [-0.05, 0) is 45.0 Å². The van der Waals surface area contributed by atoms with Gasteiger partial charge < -0.3 is 19.3 Å². The van der Waals surface area contributed by atoms with Crippen molar-refractivity contribution in [2.24, 2.45) is 18.9 Å². The summed E-state index contributed by atoms with van der Waals surface area (Å²) in [6.45, 7) is 5.07. The molecule has 3 saturated heterocycles. The van der Waals surface area contributed by atoms with Gasteiger partial charge in [-0.2, -0.15) is 5.10 Å². The van der Waals surface area contributed by atoms with Crippen LogP contribution in [0.2, 0.25) is 0 Å². The Morgan fingerprint density at radius 1 is 1.32 bits per heavy atom. The number of rotatable bonds is 4. The second-order valence-corrected chi connectivity index (χ2v) is 7.68. The van der Waals surface area contributed by atoms with Crippen molar-refractivity contribution in [3.63, 3.8) is 0 Å². The minimum atomic E-state index is 0.0332. The maximum Gasteiger partial charge on any atom is 0.272 e. The molecule has 4 rings (SSSR count). The highest BCUT2D eigenvalue weighted by Crippen LogP contribution is 2.33. The highest BCUT2D eigenvalue weighted by Gasteiger charge is 2.48. The van der Waals surface area contributed by atoms with Gasteiger partial charge in [-0.15, -0.1) is 0 Å². The van der Waals surface area contributed by atoms with Crippen molar-refractivity contribution in [2.75, 3.05) is 46.5 Å². The van der Waals surface area contributed by atoms with Crippen molar-refractivity contribution in [1.82, 2.24) is 19.6 Å². The van der Waals surface area contributed by atoms with Crippen LogP contribution in [0.4, 0.5) is 0 Å². The lowest BCUT2D eigenvalue weighted by Crippen LogP contribution is -2.39. The van der Waals surface area contributed by atoms with Crippen LogP contribution in [0.5, 0.6) is 0 Å². The summed E-state index contributed by atoms with van der Waals surface area (Å²) in [7, 11) is 3.98. The van der Waals surface area contributed by atoms with E-state index in [2.05, 4.69) is 17.0 Å². The summed E-state index contributed by atoms with van der Waals surface area (Å²) in [4.78, 5) is 17.2. The van der Waals surface area contributed by atoms with E-state index in [1.165, 1.54) is 12.8 Å². The van der Waals surface area contributed by atoms with Gasteiger partial charge in [-0.1, -0.05) is 0 Å². The molecule has 4 heterocycles. The Kier molecular flexibility index (Phi) is 4.80. The maximum absolute atomic E-state index is 12.9. The van der Waals surface area contributed by atoms with E-state index >= 15 is 0 Å². The lowest BCUT2D eigenvalue weighted by molar-refractivity contribution is -0.00793. The number of likely N-dealkylation sites (tertiary alicyclic amines) is 2. The van der Waals surface area contributed by atoms with Crippen LogP contribution in [0.3, 0.4) is 0 Å². The van der Waals surface area contributed by atoms with E-state index < -0.39 is 0 Å². The Morgan fingerprint density at radius 2 is 2.12 bits per heavy atom. The summed E-state index contributed by atoms with van der Waals surface area (Å²) in [6, 6.07) is 1.91. The number of carbonyl (C=O) groups is 1. The Morgan fingerprint density at radius 3 is 2.84 bits per heavy atom. The van der Waals surface area contributed by atoms with Crippen LogP contribution < -0.4 is 0 Å². The molecule has 0 aliphatic carbocycles. The fourth-order valence-corrected chi connectivity index (χ4v) is 4.33. The molecule has 0 spiro atoms. The molecule has 0 N–H and O–H groups in total. The predicted octanol–water partition coefficient (Wildman–Crippen LogP) is 0.618. The molecule has 0 unspecified atom stereocenters. The van der Waals surface area contributed by atoms with E-state index in [0.717, 1.165) is 19.7 Å². The number of carbonyl (C=O) groups excluding carboxylic acids is 1. The third-order valence-corrected chi connectivity index (χ3v) is 6.03. The lowest BCUT2D eigenvalue weighted by Gasteiger charge is -2.30. The fourth-order valence-electron chi connectivity index (χ4n) is 4.33. The van der Waals surface area contributed by atoms with E-state index in [0.29, 0.717) is 37.3 Å². The normalized spacial score (nSPS) is 30.8. The number of ether oxygens (including phenoxy) is 2. The van der Waals surface area contributed by atoms with Crippen molar-refractivity contribution in [1.29, 1.82) is 0 Å². The van der Waals surface area contributed by atoms with Gasteiger partial charge in [0, 0.05) is 32.3 Å². The van der Waals surface area contributed by atoms with Crippen LogP contribution in [0.1, 0.15) is 23.3 Å². The molecule has 0 bridgehead atoms. The Hall–Kier alpha value is -1.44. The summed E-state index contributed by atoms with van der Waals surface area (Å²) in [6.07, 6.45) is 4.15. The first-order valence-corrected chi connectivity index (χ1v) is 9.30. The molecular weight excluding hydrogens is 320 g/mol. The first kappa shape index (κ1) is 17.0. The quantitative estimate of drug-likeness (QED) is 0.798. The lowest BCUT2D eigenvalue weighted by atomic mass is 9.97. The van der Waals surface area contributed by atoms with Gasteiger partial charge in [0.15, 0.2) is 0 Å². The Bertz CT molecular complexity index is 611. The molecule has 138 valence electrons. The highest BCUT2D eigenvalue weighted by molar-refractivity contribution is 5.93. The number of hydrogen-bond donors (Lipinski definition) is 0. The van der Waals surface area contributed by atoms with Gasteiger partial charge in [-0.3, -0.25) is 9.48 Å². The summed E-state index contributed by atoms with van der Waals surface area (Å²) in [5.41, 5.74) is 0.626. The zero-order chi connectivity index (χ0) is 17.4. The van der Waals surface area contributed by atoms with Crippen LogP contribution in [0.15, 0.2) is 12.3 Å². The van der Waals surface area contributed by atoms with Crippen LogP contribution in [-0.4, -0.2) is 84.1 Å². The number of nitrogens with zero attached hydrogens (tertiary/aromatic N) is 4. The van der Waals surface area contributed by atoms with Crippen LogP contribution in [-0.2, 0) is 16.5 Å². The van der Waals surface area contributed by atoms with Gasteiger partial charge in [-0.25, -0.2) is 0 Å². The smallest absolute Gasteiger partial charge is 0.272 e. The van der Waals surface area contributed by atoms with E-state index in [1.54, 1.807) is 24.0 Å². The summed E-state index contributed by atoms with van der Waals surface area (Å²) in [5.74, 6) is 0.966. The monoisotopic (exact) mass is 348 g/mol. The first-order valence-electron chi connectivity index (χ1n) is 9.30. The first-order chi connectivity index (χ1) is 12.1. The average molecular weight is 348 g/mol. The van der Waals surface area contributed by atoms with Crippen molar-refractivity contribution in [3.05, 3.63) is 18.0 Å². The minimum absolute atomic E-state index is 0.0332. The van der Waals surface area contributed by atoms with E-state index in [-0.39, 0.29) is 18.1 Å². The molecule has 3 atom stereocenters. The number of aromatic nitrogens is 2. The maximum atomic E-state index is 12.9. The zero-order valence-electron chi connectivity index (χ0n) is 15.1. The minimum Gasteiger partial charge on any atom is -0.379 e. The second-order valence-electron chi connectivity index (χ2n) is 7.68. The molecule has 3 aliphatic rings. The van der Waals surface area contributed by atoms with Crippen molar-refractivity contribution in [2.45, 2.75) is 25.0 Å². The average Bonchev–Trinajstić information content (AvgIpc) is 3.30. The topological polar surface area (TPSA) is 59.8 Å². The van der Waals surface area contributed by atoms with Gasteiger partial charge >= 0.3 is 0 Å². The number of aryl methyl sites for hydroxylation is 1. The number of fused-ring (bicyclic) bond motifs is 1. The fraction of sp³-hybridized carbons (Fsp3) is 0.778. The summed E-state index contributed by atoms with van der Waals surface area (Å²) < 4.78 is 13.6. The van der Waals surface area contributed by atoms with Crippen LogP contribution in [0, 0.1) is 11.8 Å². The van der Waals surface area contributed by atoms with Crippen LogP contribution in [0.25, 0.3) is 0 Å². The van der Waals surface area contributed by atoms with E-state index in [9.17, 15) is 4.79 Å². The Labute approximate surface area is 148 Å². The number of amides is 1. The number of piperidine rings is 1. The molecule has 1 aromatic rings. The molecule has 3 fully saturated rings. The molecule has 3 aliphatic heterocycles. The molecule has 0 aromatic carbocycles. The molecule has 0 radical (unpaired) electrons. The van der Waals surface area contributed by atoms with E-state index in [1.807, 2.05) is 4.90 Å². The second kappa shape index (κ2) is 7.05. The molecule has 7 heteroatoms. The SMILES string of the molecule is CN1CCC(CO[C@@H]2CN(C(=O)c3ccnn3C)[C@@H]3COC[C@@H]32)CC1. The summed E-state index contributed by atoms with van der Waals surface area (Å²) in [5, 5.41) is 4.12. The number of hydrogen-bond acceptors (Lipinski definition) is 5. The molecular formula is C18H28N4O3. The van der Waals surface area contributed by atoms with Crippen molar-refractivity contribution >= 4 is 5.91 Å². The van der Waals surface area contributed by atoms with Gasteiger partial charge in [0.1, 0.15) is 5.69 Å². The third kappa shape index (κ3) is 3.32. The van der Waals surface area contributed by atoms with Gasteiger partial charge in [0.2, 0.25) is 0 Å². The molecule has 7 nitrogen and oxygen atoms in total. The molecule has 25 heavy (non-hydrogen) atoms. The molecule has 1 aromatic heterocycles. The van der Waals surface area contributed by atoms with E-state index in [4.69, 9.17) is 9.47 Å². The Balaban J connectivity index is 1.39. The highest BCUT2D eigenvalue weighted by atomic mass is 16.5. The predicted molar refractivity (Wildman–Crippen MR) is 92.3 cm³/mol. The van der Waals surface area contributed by atoms with Gasteiger partial charge in [0.05, 0.1) is 25.4 Å². The third-order valence-electron chi connectivity index (χ3n) is 6.03. The molecule has 1 amide bonds. The van der Waals surface area contributed by atoms with Crippen LogP contribution >= 0.6 is 0 Å². The summed E-state index contributed by atoms with van der Waals surface area (Å²) >= 11 is 0. The standard InChI is InChI=1S/C18H28N4O3/c1-20-7-4-13(5-8-20)10-25-17-9-22(16-12-24-11-14(16)17)18(23)15-3-6-19-21(15)2/h3,6,13-14,16-17H,4-5,7-12H2,1-2H3/t14-,16+,17+/m0/s1.